The highest BCUT2D eigenvalue weighted by atomic mass is 16.4. The van der Waals surface area contributed by atoms with Gasteiger partial charge in [-0.25, -0.2) is 0 Å². The minimum atomic E-state index is -1.46. The van der Waals surface area contributed by atoms with Gasteiger partial charge in [0.2, 0.25) is 23.6 Å². The molecule has 13 heteroatoms. The second-order valence-corrected chi connectivity index (χ2v) is 6.90. The number of carboxylic acids is 1. The van der Waals surface area contributed by atoms with Crippen LogP contribution in [-0.2, 0) is 30.4 Å². The van der Waals surface area contributed by atoms with Crippen LogP contribution in [0.15, 0.2) is 24.3 Å². The number of aliphatic hydroxyl groups excluding tert-OH is 1. The highest BCUT2D eigenvalue weighted by Crippen LogP contribution is 2.11. The number of aliphatic hydroxyl groups is 1. The summed E-state index contributed by atoms with van der Waals surface area (Å²) in [7, 11) is 0. The smallest absolute Gasteiger partial charge is 0.322 e. The number of hydrogen-bond acceptors (Lipinski definition) is 8. The lowest BCUT2D eigenvalue weighted by Crippen LogP contribution is -2.57. The number of carbonyl (C=O) groups is 5. The number of carboxylic acid groups (broad SMARTS) is 1. The first-order chi connectivity index (χ1) is 15.0. The molecule has 3 atom stereocenters. The van der Waals surface area contributed by atoms with Crippen LogP contribution in [0.1, 0.15) is 18.4 Å². The van der Waals surface area contributed by atoms with Gasteiger partial charge in [0.05, 0.1) is 12.6 Å². The van der Waals surface area contributed by atoms with Crippen molar-refractivity contribution < 1.29 is 39.3 Å². The van der Waals surface area contributed by atoms with E-state index in [0.29, 0.717) is 5.56 Å². The predicted octanol–water partition coefficient (Wildman–Crippen LogP) is -3.31. The molecular weight excluding hydrogens is 426 g/mol. The van der Waals surface area contributed by atoms with Crippen molar-refractivity contribution in [1.29, 1.82) is 0 Å². The van der Waals surface area contributed by atoms with Gasteiger partial charge in [-0.3, -0.25) is 24.0 Å². The molecule has 4 amide bonds. The molecule has 0 radical (unpaired) electrons. The third-order valence-electron chi connectivity index (χ3n) is 4.28. The number of aliphatic carboxylic acids is 1. The van der Waals surface area contributed by atoms with Gasteiger partial charge in [0.1, 0.15) is 24.4 Å². The van der Waals surface area contributed by atoms with Gasteiger partial charge in [0.15, 0.2) is 0 Å². The normalized spacial score (nSPS) is 13.3. The van der Waals surface area contributed by atoms with E-state index in [1.807, 2.05) is 0 Å². The monoisotopic (exact) mass is 453 g/mol. The molecule has 0 fully saturated rings. The van der Waals surface area contributed by atoms with Gasteiger partial charge in [-0.1, -0.05) is 12.1 Å². The van der Waals surface area contributed by atoms with E-state index < -0.39 is 60.9 Å². The molecular formula is C19H27N5O8. The fraction of sp³-hybridized carbons (Fsp3) is 0.421. The Hall–Kier alpha value is -3.71. The number of benzene rings is 1. The van der Waals surface area contributed by atoms with Crippen LogP contribution in [0.5, 0.6) is 5.75 Å². The molecule has 176 valence electrons. The topological polar surface area (TPSA) is 234 Å². The lowest BCUT2D eigenvalue weighted by atomic mass is 10.0. The summed E-state index contributed by atoms with van der Waals surface area (Å²) in [5.41, 5.74) is 11.2. The zero-order valence-corrected chi connectivity index (χ0v) is 17.1. The fourth-order valence-electron chi connectivity index (χ4n) is 2.54. The Labute approximate surface area is 183 Å². The van der Waals surface area contributed by atoms with Crippen molar-refractivity contribution in [2.45, 2.75) is 37.4 Å². The summed E-state index contributed by atoms with van der Waals surface area (Å²) in [5, 5.41) is 34.3. The molecule has 0 aliphatic heterocycles. The fourth-order valence-corrected chi connectivity index (χ4v) is 2.54. The molecule has 1 aromatic carbocycles. The maximum absolute atomic E-state index is 12.6. The zero-order valence-electron chi connectivity index (χ0n) is 17.1. The Kier molecular flexibility index (Phi) is 10.6. The van der Waals surface area contributed by atoms with Crippen LogP contribution in [0, 0.1) is 0 Å². The summed E-state index contributed by atoms with van der Waals surface area (Å²) >= 11 is 0. The lowest BCUT2D eigenvalue weighted by Gasteiger charge is -2.23. The molecule has 32 heavy (non-hydrogen) atoms. The van der Waals surface area contributed by atoms with Gasteiger partial charge in [-0.05, 0) is 24.1 Å². The van der Waals surface area contributed by atoms with Crippen molar-refractivity contribution in [2.24, 2.45) is 11.5 Å². The first kappa shape index (κ1) is 26.3. The number of aromatic hydroxyl groups is 1. The maximum Gasteiger partial charge on any atom is 0.322 e. The third-order valence-corrected chi connectivity index (χ3v) is 4.28. The first-order valence-electron chi connectivity index (χ1n) is 9.56. The van der Waals surface area contributed by atoms with Crippen LogP contribution < -0.4 is 27.4 Å². The van der Waals surface area contributed by atoms with Crippen molar-refractivity contribution in [3.63, 3.8) is 0 Å². The molecule has 1 aromatic rings. The summed E-state index contributed by atoms with van der Waals surface area (Å²) in [6.45, 7) is -1.50. The molecule has 0 bridgehead atoms. The largest absolute Gasteiger partial charge is 0.508 e. The molecule has 0 spiro atoms. The van der Waals surface area contributed by atoms with Crippen LogP contribution in [0.25, 0.3) is 0 Å². The van der Waals surface area contributed by atoms with E-state index in [9.17, 15) is 34.2 Å². The molecule has 3 unspecified atom stereocenters. The van der Waals surface area contributed by atoms with E-state index in [4.69, 9.17) is 16.6 Å². The summed E-state index contributed by atoms with van der Waals surface area (Å²) in [5.74, 6) is -4.51. The van der Waals surface area contributed by atoms with Gasteiger partial charge < -0.3 is 42.7 Å². The van der Waals surface area contributed by atoms with E-state index in [0.717, 1.165) is 0 Å². The van der Waals surface area contributed by atoms with Crippen molar-refractivity contribution in [3.05, 3.63) is 29.8 Å². The first-order valence-corrected chi connectivity index (χ1v) is 9.56. The Balaban J connectivity index is 2.87. The molecule has 10 N–H and O–H groups in total. The predicted molar refractivity (Wildman–Crippen MR) is 110 cm³/mol. The highest BCUT2D eigenvalue weighted by molar-refractivity contribution is 5.94. The lowest BCUT2D eigenvalue weighted by molar-refractivity contribution is -0.138. The van der Waals surface area contributed by atoms with E-state index in [-0.39, 0.29) is 25.0 Å². The maximum atomic E-state index is 12.6. The second-order valence-electron chi connectivity index (χ2n) is 6.90. The average Bonchev–Trinajstić information content (AvgIpc) is 2.74. The number of nitrogens with one attached hydrogen (secondary N) is 3. The molecule has 0 heterocycles. The summed E-state index contributed by atoms with van der Waals surface area (Å²) in [4.78, 5) is 58.6. The minimum absolute atomic E-state index is 0.0135. The summed E-state index contributed by atoms with van der Waals surface area (Å²) in [6.07, 6.45) is -0.285. The standard InChI is InChI=1S/C19H27N5O8/c20-12(5-6-15(21)27)17(30)24-14(9-25)19(32)23-13(18(31)22-8-16(28)29)7-10-1-3-11(26)4-2-10/h1-4,12-14,25-26H,5-9,20H2,(H2,21,27)(H,22,31)(H,23,32)(H,24,30)(H,28,29). The average molecular weight is 453 g/mol. The van der Waals surface area contributed by atoms with Gasteiger partial charge in [-0.2, -0.15) is 0 Å². The number of rotatable bonds is 13. The minimum Gasteiger partial charge on any atom is -0.508 e. The Morgan fingerprint density at radius 1 is 0.938 bits per heavy atom. The van der Waals surface area contributed by atoms with Gasteiger partial charge in [0, 0.05) is 12.8 Å². The van der Waals surface area contributed by atoms with E-state index in [2.05, 4.69) is 16.0 Å². The molecule has 0 aliphatic carbocycles. The Bertz CT molecular complexity index is 830. The summed E-state index contributed by atoms with van der Waals surface area (Å²) < 4.78 is 0. The van der Waals surface area contributed by atoms with Crippen LogP contribution in [0.3, 0.4) is 0 Å². The zero-order chi connectivity index (χ0) is 24.3. The van der Waals surface area contributed by atoms with Gasteiger partial charge >= 0.3 is 5.97 Å². The molecule has 0 saturated heterocycles. The quantitative estimate of drug-likeness (QED) is 0.149. The van der Waals surface area contributed by atoms with E-state index in [1.165, 1.54) is 24.3 Å². The van der Waals surface area contributed by atoms with E-state index in [1.54, 1.807) is 0 Å². The summed E-state index contributed by atoms with van der Waals surface area (Å²) in [6, 6.07) is 1.87. The third kappa shape index (κ3) is 9.40. The van der Waals surface area contributed by atoms with Crippen molar-refractivity contribution in [2.75, 3.05) is 13.2 Å². The molecule has 0 aliphatic rings. The number of phenolic OH excluding ortho intramolecular Hbond substituents is 1. The number of hydrogen-bond donors (Lipinski definition) is 8. The Morgan fingerprint density at radius 3 is 2.06 bits per heavy atom. The number of primary amides is 1. The van der Waals surface area contributed by atoms with Crippen molar-refractivity contribution in [3.8, 4) is 5.75 Å². The van der Waals surface area contributed by atoms with Crippen LogP contribution >= 0.6 is 0 Å². The molecule has 13 nitrogen and oxygen atoms in total. The number of carbonyl (C=O) groups excluding carboxylic acids is 4. The van der Waals surface area contributed by atoms with Crippen LogP contribution in [-0.4, -0.2) is 76.2 Å². The van der Waals surface area contributed by atoms with Gasteiger partial charge in [-0.15, -0.1) is 0 Å². The SMILES string of the molecule is NC(=O)CCC(N)C(=O)NC(CO)C(=O)NC(Cc1ccc(O)cc1)C(=O)NCC(=O)O. The molecule has 1 rings (SSSR count). The van der Waals surface area contributed by atoms with Crippen molar-refractivity contribution >= 4 is 29.6 Å². The second kappa shape index (κ2) is 12.9. The van der Waals surface area contributed by atoms with Gasteiger partial charge in [0.25, 0.3) is 0 Å². The number of amides is 4. The van der Waals surface area contributed by atoms with Crippen LogP contribution in [0.4, 0.5) is 0 Å². The number of phenols is 1. The number of nitrogens with two attached hydrogens (primary N) is 2. The Morgan fingerprint density at radius 2 is 1.53 bits per heavy atom. The highest BCUT2D eigenvalue weighted by Gasteiger charge is 2.28. The van der Waals surface area contributed by atoms with Crippen LogP contribution in [0.2, 0.25) is 0 Å². The molecule has 0 saturated carbocycles. The molecule has 0 aromatic heterocycles. The van der Waals surface area contributed by atoms with Crippen molar-refractivity contribution in [1.82, 2.24) is 16.0 Å². The van der Waals surface area contributed by atoms with E-state index >= 15 is 0 Å².